The summed E-state index contributed by atoms with van der Waals surface area (Å²) in [5, 5.41) is 7.24. The first kappa shape index (κ1) is 15.0. The van der Waals surface area contributed by atoms with Crippen LogP contribution in [0.4, 0.5) is 5.95 Å². The fourth-order valence-corrected chi connectivity index (χ4v) is 1.65. The molecule has 1 N–H and O–H groups in total. The van der Waals surface area contributed by atoms with Crippen LogP contribution >= 0.6 is 0 Å². The minimum absolute atomic E-state index is 0.176. The fraction of sp³-hybridized carbons (Fsp3) is 0.538. The number of hydrogen-bond acceptors (Lipinski definition) is 7. The molecule has 2 aromatic rings. The Morgan fingerprint density at radius 1 is 1.19 bits per heavy atom. The molecular weight excluding hydrogens is 272 g/mol. The number of nitrogens with one attached hydrogen (secondary N) is 1. The SMILES string of the molecule is CCCOc1nc(NCC)nc(Oc2cc(C)nn2C)n1. The van der Waals surface area contributed by atoms with Gasteiger partial charge in [-0.25, -0.2) is 4.68 Å². The Kier molecular flexibility index (Phi) is 4.91. The van der Waals surface area contributed by atoms with Crippen LogP contribution < -0.4 is 14.8 Å². The normalized spacial score (nSPS) is 10.5. The van der Waals surface area contributed by atoms with E-state index in [1.807, 2.05) is 26.8 Å². The van der Waals surface area contributed by atoms with Gasteiger partial charge in [0.2, 0.25) is 11.8 Å². The summed E-state index contributed by atoms with van der Waals surface area (Å²) in [4.78, 5) is 12.5. The predicted octanol–water partition coefficient (Wildman–Crippen LogP) is 1.93. The van der Waals surface area contributed by atoms with E-state index in [1.165, 1.54) is 0 Å². The highest BCUT2D eigenvalue weighted by molar-refractivity contribution is 5.28. The van der Waals surface area contributed by atoms with E-state index >= 15 is 0 Å². The molecule has 0 saturated carbocycles. The van der Waals surface area contributed by atoms with Gasteiger partial charge >= 0.3 is 12.0 Å². The molecule has 0 atom stereocenters. The Morgan fingerprint density at radius 3 is 2.57 bits per heavy atom. The summed E-state index contributed by atoms with van der Waals surface area (Å²) in [5.74, 6) is 0.982. The first-order valence-corrected chi connectivity index (χ1v) is 6.93. The second-order valence-electron chi connectivity index (χ2n) is 4.45. The van der Waals surface area contributed by atoms with Crippen molar-refractivity contribution < 1.29 is 9.47 Å². The van der Waals surface area contributed by atoms with Crippen molar-refractivity contribution in [1.82, 2.24) is 24.7 Å². The van der Waals surface area contributed by atoms with E-state index in [2.05, 4.69) is 25.4 Å². The Morgan fingerprint density at radius 2 is 1.95 bits per heavy atom. The lowest BCUT2D eigenvalue weighted by molar-refractivity contribution is 0.284. The first-order chi connectivity index (χ1) is 10.1. The van der Waals surface area contributed by atoms with Crippen molar-refractivity contribution in [3.63, 3.8) is 0 Å². The van der Waals surface area contributed by atoms with Gasteiger partial charge in [-0.2, -0.15) is 15.1 Å². The highest BCUT2D eigenvalue weighted by Gasteiger charge is 2.11. The minimum Gasteiger partial charge on any atom is -0.463 e. The zero-order valence-corrected chi connectivity index (χ0v) is 12.8. The first-order valence-electron chi connectivity index (χ1n) is 6.93. The van der Waals surface area contributed by atoms with Gasteiger partial charge in [0.05, 0.1) is 12.3 Å². The summed E-state index contributed by atoms with van der Waals surface area (Å²) in [6.07, 6.45) is 0.874. The molecule has 0 aliphatic rings. The van der Waals surface area contributed by atoms with Gasteiger partial charge in [-0.1, -0.05) is 6.92 Å². The van der Waals surface area contributed by atoms with Crippen LogP contribution in [0.1, 0.15) is 26.0 Å². The van der Waals surface area contributed by atoms with Crippen molar-refractivity contribution in [3.8, 4) is 17.9 Å². The number of ether oxygens (including phenoxy) is 2. The number of rotatable bonds is 7. The van der Waals surface area contributed by atoms with Crippen LogP contribution in [0.15, 0.2) is 6.07 Å². The van der Waals surface area contributed by atoms with Crippen molar-refractivity contribution >= 4 is 5.95 Å². The van der Waals surface area contributed by atoms with Crippen LogP contribution in [-0.2, 0) is 7.05 Å². The Balaban J connectivity index is 2.24. The molecule has 0 bridgehead atoms. The molecule has 0 unspecified atom stereocenters. The third-order valence-electron chi connectivity index (χ3n) is 2.52. The van der Waals surface area contributed by atoms with Gasteiger partial charge in [0.1, 0.15) is 0 Å². The van der Waals surface area contributed by atoms with Crippen LogP contribution in [0.3, 0.4) is 0 Å². The number of aryl methyl sites for hydroxylation is 2. The molecule has 8 nitrogen and oxygen atoms in total. The summed E-state index contributed by atoms with van der Waals surface area (Å²) in [6.45, 7) is 7.10. The number of nitrogens with zero attached hydrogens (tertiary/aromatic N) is 5. The molecule has 114 valence electrons. The van der Waals surface area contributed by atoms with Crippen molar-refractivity contribution in [1.29, 1.82) is 0 Å². The number of hydrogen-bond donors (Lipinski definition) is 1. The molecule has 0 saturated heterocycles. The Bertz CT molecular complexity index is 598. The summed E-state index contributed by atoms with van der Waals surface area (Å²) in [5.41, 5.74) is 0.857. The maximum absolute atomic E-state index is 5.66. The molecular formula is C13H20N6O2. The van der Waals surface area contributed by atoms with Crippen molar-refractivity contribution in [3.05, 3.63) is 11.8 Å². The largest absolute Gasteiger partial charge is 0.463 e. The monoisotopic (exact) mass is 292 g/mol. The van der Waals surface area contributed by atoms with Gasteiger partial charge in [0.15, 0.2) is 0 Å². The molecule has 8 heteroatoms. The molecule has 2 aromatic heterocycles. The third kappa shape index (κ3) is 4.04. The van der Waals surface area contributed by atoms with Gasteiger partial charge in [-0.3, -0.25) is 0 Å². The molecule has 0 aliphatic heterocycles. The second kappa shape index (κ2) is 6.87. The van der Waals surface area contributed by atoms with E-state index in [1.54, 1.807) is 11.7 Å². The fourth-order valence-electron chi connectivity index (χ4n) is 1.65. The molecule has 0 aromatic carbocycles. The predicted molar refractivity (Wildman–Crippen MR) is 77.8 cm³/mol. The lowest BCUT2D eigenvalue weighted by Gasteiger charge is -2.08. The van der Waals surface area contributed by atoms with Gasteiger partial charge < -0.3 is 14.8 Å². The van der Waals surface area contributed by atoms with Crippen molar-refractivity contribution in [2.75, 3.05) is 18.5 Å². The highest BCUT2D eigenvalue weighted by Crippen LogP contribution is 2.20. The van der Waals surface area contributed by atoms with Crippen LogP contribution in [-0.4, -0.2) is 37.9 Å². The summed E-state index contributed by atoms with van der Waals surface area (Å²) in [7, 11) is 1.79. The summed E-state index contributed by atoms with van der Waals surface area (Å²) in [6, 6.07) is 2.23. The summed E-state index contributed by atoms with van der Waals surface area (Å²) < 4.78 is 12.7. The van der Waals surface area contributed by atoms with E-state index in [-0.39, 0.29) is 12.0 Å². The van der Waals surface area contributed by atoms with E-state index in [4.69, 9.17) is 9.47 Å². The van der Waals surface area contributed by atoms with Gasteiger partial charge in [0.25, 0.3) is 0 Å². The van der Waals surface area contributed by atoms with Crippen molar-refractivity contribution in [2.45, 2.75) is 27.2 Å². The lowest BCUT2D eigenvalue weighted by Crippen LogP contribution is -2.08. The molecule has 21 heavy (non-hydrogen) atoms. The number of aromatic nitrogens is 5. The van der Waals surface area contributed by atoms with Gasteiger partial charge in [-0.15, -0.1) is 4.98 Å². The molecule has 0 spiro atoms. The lowest BCUT2D eigenvalue weighted by atomic mass is 10.5. The van der Waals surface area contributed by atoms with E-state index in [9.17, 15) is 0 Å². The van der Waals surface area contributed by atoms with E-state index < -0.39 is 0 Å². The Hall–Kier alpha value is -2.38. The van der Waals surface area contributed by atoms with E-state index in [0.29, 0.717) is 25.0 Å². The number of anilines is 1. The topological polar surface area (TPSA) is 87.0 Å². The quantitative estimate of drug-likeness (QED) is 0.834. The van der Waals surface area contributed by atoms with Gasteiger partial charge in [-0.05, 0) is 20.3 Å². The van der Waals surface area contributed by atoms with Crippen LogP contribution in [0.25, 0.3) is 0 Å². The maximum atomic E-state index is 5.66. The van der Waals surface area contributed by atoms with Gasteiger partial charge in [0, 0.05) is 19.7 Å². The zero-order chi connectivity index (χ0) is 15.2. The van der Waals surface area contributed by atoms with E-state index in [0.717, 1.165) is 12.1 Å². The van der Waals surface area contributed by atoms with Crippen LogP contribution in [0.5, 0.6) is 17.9 Å². The average molecular weight is 292 g/mol. The standard InChI is InChI=1S/C13H20N6O2/c1-5-7-20-12-15-11(14-6-2)16-13(17-12)21-10-8-9(3)18-19(10)4/h8H,5-7H2,1-4H3,(H,14,15,16,17). The molecule has 2 heterocycles. The second-order valence-corrected chi connectivity index (χ2v) is 4.45. The average Bonchev–Trinajstić information content (AvgIpc) is 2.75. The minimum atomic E-state index is 0.176. The zero-order valence-electron chi connectivity index (χ0n) is 12.8. The van der Waals surface area contributed by atoms with Crippen molar-refractivity contribution in [2.24, 2.45) is 7.05 Å². The highest BCUT2D eigenvalue weighted by atomic mass is 16.5. The summed E-state index contributed by atoms with van der Waals surface area (Å²) >= 11 is 0. The molecule has 0 aliphatic carbocycles. The maximum Gasteiger partial charge on any atom is 0.331 e. The van der Waals surface area contributed by atoms with Crippen LogP contribution in [0.2, 0.25) is 0 Å². The molecule has 0 fully saturated rings. The van der Waals surface area contributed by atoms with Crippen LogP contribution in [0, 0.1) is 6.92 Å². The molecule has 0 amide bonds. The molecule has 2 rings (SSSR count). The Labute approximate surface area is 123 Å². The molecule has 0 radical (unpaired) electrons. The third-order valence-corrected chi connectivity index (χ3v) is 2.52. The smallest absolute Gasteiger partial charge is 0.331 e.